The molecular formula is C13H12N4O3S2. The fraction of sp³-hybridized carbons (Fsp3) is 0.154. The minimum atomic E-state index is -3.58. The van der Waals surface area contributed by atoms with Crippen LogP contribution in [0.15, 0.2) is 40.4 Å². The van der Waals surface area contributed by atoms with Gasteiger partial charge in [0.05, 0.1) is 4.90 Å². The van der Waals surface area contributed by atoms with Gasteiger partial charge in [-0.05, 0) is 19.1 Å². The first kappa shape index (κ1) is 14.7. The number of anilines is 1. The summed E-state index contributed by atoms with van der Waals surface area (Å²) in [4.78, 5) is 21.1. The summed E-state index contributed by atoms with van der Waals surface area (Å²) < 4.78 is 26.2. The van der Waals surface area contributed by atoms with E-state index in [0.29, 0.717) is 10.7 Å². The molecule has 3 rings (SSSR count). The highest BCUT2D eigenvalue weighted by molar-refractivity contribution is 7.90. The van der Waals surface area contributed by atoms with Crippen LogP contribution in [0.1, 0.15) is 10.4 Å². The van der Waals surface area contributed by atoms with Crippen molar-refractivity contribution in [3.8, 4) is 0 Å². The summed E-state index contributed by atoms with van der Waals surface area (Å²) in [5.41, 5.74) is 0.473. The van der Waals surface area contributed by atoms with Crippen LogP contribution in [0.2, 0.25) is 0 Å². The number of aromatic nitrogens is 1. The van der Waals surface area contributed by atoms with Crippen LogP contribution in [0.5, 0.6) is 0 Å². The third kappa shape index (κ3) is 2.85. The smallest absolute Gasteiger partial charge is 0.263 e. The number of hydrogen-bond acceptors (Lipinski definition) is 6. The van der Waals surface area contributed by atoms with E-state index in [-0.39, 0.29) is 23.2 Å². The normalized spacial score (nSPS) is 17.0. The number of rotatable bonds is 3. The van der Waals surface area contributed by atoms with Gasteiger partial charge >= 0.3 is 0 Å². The highest BCUT2D eigenvalue weighted by atomic mass is 32.2. The number of sulfonamides is 1. The number of carbonyl (C=O) groups is 1. The molecule has 2 aromatic rings. The van der Waals surface area contributed by atoms with Crippen molar-refractivity contribution in [1.82, 2.24) is 9.71 Å². The fourth-order valence-corrected chi connectivity index (χ4v) is 3.91. The Kier molecular flexibility index (Phi) is 3.67. The van der Waals surface area contributed by atoms with E-state index in [2.05, 4.69) is 20.0 Å². The predicted octanol–water partition coefficient (Wildman–Crippen LogP) is 1.13. The number of carbonyl (C=O) groups excluding carboxylic acids is 1. The van der Waals surface area contributed by atoms with Gasteiger partial charge in [0.1, 0.15) is 12.4 Å². The first-order valence-electron chi connectivity index (χ1n) is 6.35. The van der Waals surface area contributed by atoms with E-state index < -0.39 is 10.0 Å². The number of amides is 1. The van der Waals surface area contributed by atoms with Gasteiger partial charge in [-0.15, -0.1) is 11.3 Å². The molecule has 7 nitrogen and oxygen atoms in total. The Morgan fingerprint density at radius 1 is 1.41 bits per heavy atom. The molecule has 0 bridgehead atoms. The number of amidine groups is 1. The summed E-state index contributed by atoms with van der Waals surface area (Å²) in [5.74, 6) is -0.175. The summed E-state index contributed by atoms with van der Waals surface area (Å²) in [6.07, 6.45) is 1.66. The highest BCUT2D eigenvalue weighted by Gasteiger charge is 2.30. The number of thiazole rings is 1. The summed E-state index contributed by atoms with van der Waals surface area (Å²) in [7, 11) is -3.58. The predicted molar refractivity (Wildman–Crippen MR) is 83.6 cm³/mol. The molecule has 0 spiro atoms. The van der Waals surface area contributed by atoms with Crippen LogP contribution >= 0.6 is 11.3 Å². The number of aryl methyl sites for hydroxylation is 1. The van der Waals surface area contributed by atoms with Gasteiger partial charge < -0.3 is 5.32 Å². The summed E-state index contributed by atoms with van der Waals surface area (Å²) in [6.45, 7) is 1.70. The molecular weight excluding hydrogens is 324 g/mol. The van der Waals surface area contributed by atoms with Crippen LogP contribution in [-0.2, 0) is 14.8 Å². The maximum atomic E-state index is 11.9. The molecule has 1 aliphatic rings. The number of hydrogen-bond donors (Lipinski definition) is 2. The largest absolute Gasteiger partial charge is 0.300 e. The van der Waals surface area contributed by atoms with Gasteiger partial charge in [-0.2, -0.15) is 0 Å². The topological polar surface area (TPSA) is 101 Å². The molecule has 1 aromatic carbocycles. The standard InChI is InChI=1S/C13H12N4O3S2/c1-8-6-15-13(21-8)16-11(18)7-14-12-9-4-2-3-5-10(9)22(19,20)17-12/h2-6H,7H2,1H3,(H,14,17)(H,15,16,18). The Hall–Kier alpha value is -2.26. The van der Waals surface area contributed by atoms with Crippen molar-refractivity contribution in [2.24, 2.45) is 4.99 Å². The molecule has 2 N–H and O–H groups in total. The third-order valence-electron chi connectivity index (χ3n) is 2.91. The average Bonchev–Trinajstić information content (AvgIpc) is 2.99. The molecule has 2 heterocycles. The van der Waals surface area contributed by atoms with E-state index in [9.17, 15) is 13.2 Å². The molecule has 1 aromatic heterocycles. The van der Waals surface area contributed by atoms with Crippen molar-refractivity contribution in [1.29, 1.82) is 0 Å². The second-order valence-electron chi connectivity index (χ2n) is 4.59. The molecule has 0 saturated heterocycles. The minimum Gasteiger partial charge on any atom is -0.300 e. The van der Waals surface area contributed by atoms with Crippen LogP contribution in [0.3, 0.4) is 0 Å². The molecule has 0 radical (unpaired) electrons. The molecule has 114 valence electrons. The van der Waals surface area contributed by atoms with Gasteiger partial charge in [-0.25, -0.2) is 13.4 Å². The molecule has 1 aliphatic heterocycles. The van der Waals surface area contributed by atoms with Gasteiger partial charge in [0.2, 0.25) is 5.91 Å². The lowest BCUT2D eigenvalue weighted by Crippen LogP contribution is -2.24. The molecule has 9 heteroatoms. The monoisotopic (exact) mass is 336 g/mol. The van der Waals surface area contributed by atoms with Crippen molar-refractivity contribution in [3.63, 3.8) is 0 Å². The van der Waals surface area contributed by atoms with E-state index in [1.54, 1.807) is 24.4 Å². The lowest BCUT2D eigenvalue weighted by atomic mass is 10.2. The van der Waals surface area contributed by atoms with Crippen LogP contribution in [-0.4, -0.2) is 31.7 Å². The lowest BCUT2D eigenvalue weighted by Gasteiger charge is -2.00. The fourth-order valence-electron chi connectivity index (χ4n) is 1.97. The summed E-state index contributed by atoms with van der Waals surface area (Å²) >= 11 is 1.36. The van der Waals surface area contributed by atoms with E-state index in [4.69, 9.17) is 0 Å². The molecule has 0 aliphatic carbocycles. The Labute approximate surface area is 131 Å². The zero-order chi connectivity index (χ0) is 15.7. The molecule has 0 unspecified atom stereocenters. The second-order valence-corrected chi connectivity index (χ2v) is 7.48. The van der Waals surface area contributed by atoms with Gasteiger partial charge in [-0.3, -0.25) is 14.5 Å². The van der Waals surface area contributed by atoms with Gasteiger partial charge in [-0.1, -0.05) is 12.1 Å². The van der Waals surface area contributed by atoms with Crippen LogP contribution in [0.4, 0.5) is 5.13 Å². The van der Waals surface area contributed by atoms with Gasteiger partial charge in [0.25, 0.3) is 10.0 Å². The first-order chi connectivity index (χ1) is 10.5. The van der Waals surface area contributed by atoms with Gasteiger partial charge in [0, 0.05) is 16.6 Å². The molecule has 22 heavy (non-hydrogen) atoms. The Morgan fingerprint density at radius 2 is 2.18 bits per heavy atom. The maximum absolute atomic E-state index is 11.9. The number of nitrogens with zero attached hydrogens (tertiary/aromatic N) is 2. The zero-order valence-corrected chi connectivity index (χ0v) is 13.2. The van der Waals surface area contributed by atoms with Crippen LogP contribution in [0, 0.1) is 6.92 Å². The molecule has 1 amide bonds. The van der Waals surface area contributed by atoms with Crippen molar-refractivity contribution in [3.05, 3.63) is 40.9 Å². The number of aliphatic imine (C=N–C) groups is 1. The SMILES string of the molecule is Cc1cnc(NC(=O)CN=C2NS(=O)(=O)c3ccccc32)s1. The average molecular weight is 336 g/mol. The second kappa shape index (κ2) is 5.50. The van der Waals surface area contributed by atoms with Crippen molar-refractivity contribution in [2.75, 3.05) is 11.9 Å². The number of fused-ring (bicyclic) bond motifs is 1. The van der Waals surface area contributed by atoms with Crippen molar-refractivity contribution < 1.29 is 13.2 Å². The minimum absolute atomic E-state index is 0.171. The zero-order valence-electron chi connectivity index (χ0n) is 11.5. The van der Waals surface area contributed by atoms with E-state index >= 15 is 0 Å². The summed E-state index contributed by atoms with van der Waals surface area (Å²) in [6, 6.07) is 6.50. The quantitative estimate of drug-likeness (QED) is 0.877. The Morgan fingerprint density at radius 3 is 2.91 bits per heavy atom. The number of nitrogens with one attached hydrogen (secondary N) is 2. The third-order valence-corrected chi connectivity index (χ3v) is 5.14. The Balaban J connectivity index is 1.75. The van der Waals surface area contributed by atoms with Crippen molar-refractivity contribution >= 4 is 38.2 Å². The van der Waals surface area contributed by atoms with E-state index in [1.165, 1.54) is 17.4 Å². The molecule has 0 atom stereocenters. The van der Waals surface area contributed by atoms with Gasteiger partial charge in [0.15, 0.2) is 5.13 Å². The van der Waals surface area contributed by atoms with Crippen molar-refractivity contribution in [2.45, 2.75) is 11.8 Å². The van der Waals surface area contributed by atoms with Crippen LogP contribution < -0.4 is 10.0 Å². The first-order valence-corrected chi connectivity index (χ1v) is 8.64. The molecule has 0 saturated carbocycles. The Bertz CT molecular complexity index is 871. The maximum Gasteiger partial charge on any atom is 0.263 e. The lowest BCUT2D eigenvalue weighted by molar-refractivity contribution is -0.114. The van der Waals surface area contributed by atoms with E-state index in [1.807, 2.05) is 6.92 Å². The highest BCUT2D eigenvalue weighted by Crippen LogP contribution is 2.22. The van der Waals surface area contributed by atoms with Crippen LogP contribution in [0.25, 0.3) is 0 Å². The van der Waals surface area contributed by atoms with E-state index in [0.717, 1.165) is 4.88 Å². The summed E-state index contributed by atoms with van der Waals surface area (Å²) in [5, 5.41) is 3.11. The molecule has 0 fully saturated rings. The number of benzene rings is 1.